The van der Waals surface area contributed by atoms with Gasteiger partial charge in [-0.3, -0.25) is 0 Å². The van der Waals surface area contributed by atoms with Crippen molar-refractivity contribution in [3.8, 4) is 0 Å². The van der Waals surface area contributed by atoms with Gasteiger partial charge in [-0.05, 0) is 0 Å². The maximum Gasteiger partial charge on any atom is 0.281 e. The van der Waals surface area contributed by atoms with Crippen LogP contribution >= 0.6 is 0 Å². The van der Waals surface area contributed by atoms with E-state index in [1.54, 1.807) is 0 Å². The summed E-state index contributed by atoms with van der Waals surface area (Å²) in [6.07, 6.45) is -0.803. The zero-order valence-corrected chi connectivity index (χ0v) is 11.1. The molecule has 8 heteroatoms. The van der Waals surface area contributed by atoms with Crippen LogP contribution < -0.4 is 5.32 Å². The van der Waals surface area contributed by atoms with Gasteiger partial charge in [0, 0.05) is 46.9 Å². The SMILES string of the molecule is COCC(O)CN(C)S(=O)(=O)N1CCNCC1. The van der Waals surface area contributed by atoms with Crippen molar-refractivity contribution in [1.29, 1.82) is 0 Å². The quantitative estimate of drug-likeness (QED) is 0.586. The molecule has 1 aliphatic rings. The van der Waals surface area contributed by atoms with Crippen LogP contribution in [0, 0.1) is 0 Å². The first-order valence-electron chi connectivity index (χ1n) is 5.57. The van der Waals surface area contributed by atoms with Crippen molar-refractivity contribution in [3.63, 3.8) is 0 Å². The summed E-state index contributed by atoms with van der Waals surface area (Å²) < 4.78 is 31.6. The number of likely N-dealkylation sites (N-methyl/N-ethyl adjacent to an activating group) is 1. The third kappa shape index (κ3) is 4.16. The number of nitrogens with one attached hydrogen (secondary N) is 1. The van der Waals surface area contributed by atoms with E-state index in [-0.39, 0.29) is 13.2 Å². The van der Waals surface area contributed by atoms with E-state index in [4.69, 9.17) is 4.74 Å². The molecule has 0 amide bonds. The molecule has 2 N–H and O–H groups in total. The van der Waals surface area contributed by atoms with Crippen LogP contribution in [0.2, 0.25) is 0 Å². The second-order valence-electron chi connectivity index (χ2n) is 4.05. The molecule has 1 atom stereocenters. The molecular weight excluding hydrogens is 246 g/mol. The lowest BCUT2D eigenvalue weighted by Gasteiger charge is -2.31. The second-order valence-corrected chi connectivity index (χ2v) is 6.08. The van der Waals surface area contributed by atoms with E-state index in [1.165, 1.54) is 22.8 Å². The number of methoxy groups -OCH3 is 1. The molecule has 0 aromatic carbocycles. The second kappa shape index (κ2) is 6.62. The minimum absolute atomic E-state index is 0.0418. The highest BCUT2D eigenvalue weighted by Crippen LogP contribution is 2.08. The lowest BCUT2D eigenvalue weighted by molar-refractivity contribution is 0.0545. The topological polar surface area (TPSA) is 82.1 Å². The summed E-state index contributed by atoms with van der Waals surface area (Å²) in [4.78, 5) is 0. The normalized spacial score (nSPS) is 20.7. The number of nitrogens with zero attached hydrogens (tertiary/aromatic N) is 2. The summed E-state index contributed by atoms with van der Waals surface area (Å²) in [6.45, 7) is 2.42. The van der Waals surface area contributed by atoms with Crippen molar-refractivity contribution in [2.75, 3.05) is 53.5 Å². The predicted molar refractivity (Wildman–Crippen MR) is 63.9 cm³/mol. The zero-order chi connectivity index (χ0) is 12.9. The van der Waals surface area contributed by atoms with Crippen molar-refractivity contribution in [2.24, 2.45) is 0 Å². The average molecular weight is 267 g/mol. The standard InChI is InChI=1S/C9H21N3O4S/c1-11(7-9(13)8-16-2)17(14,15)12-5-3-10-4-6-12/h9-10,13H,3-8H2,1-2H3. The molecule has 102 valence electrons. The Kier molecular flexibility index (Phi) is 5.77. The fourth-order valence-electron chi connectivity index (χ4n) is 1.71. The van der Waals surface area contributed by atoms with E-state index < -0.39 is 16.3 Å². The minimum Gasteiger partial charge on any atom is -0.389 e. The molecule has 0 spiro atoms. The van der Waals surface area contributed by atoms with E-state index in [9.17, 15) is 13.5 Å². The van der Waals surface area contributed by atoms with E-state index in [1.807, 2.05) is 0 Å². The molecule has 0 saturated carbocycles. The summed E-state index contributed by atoms with van der Waals surface area (Å²) in [5, 5.41) is 12.6. The smallest absolute Gasteiger partial charge is 0.281 e. The summed E-state index contributed by atoms with van der Waals surface area (Å²) in [6, 6.07) is 0. The third-order valence-electron chi connectivity index (χ3n) is 2.62. The van der Waals surface area contributed by atoms with Gasteiger partial charge < -0.3 is 15.2 Å². The molecule has 1 fully saturated rings. The van der Waals surface area contributed by atoms with Crippen LogP contribution in [0.4, 0.5) is 0 Å². The first-order valence-corrected chi connectivity index (χ1v) is 6.97. The first kappa shape index (κ1) is 14.8. The molecule has 1 rings (SSSR count). The number of hydrogen-bond acceptors (Lipinski definition) is 5. The van der Waals surface area contributed by atoms with Crippen molar-refractivity contribution in [2.45, 2.75) is 6.10 Å². The van der Waals surface area contributed by atoms with Crippen LogP contribution in [0.1, 0.15) is 0 Å². The Hall–Kier alpha value is -0.250. The average Bonchev–Trinajstić information content (AvgIpc) is 2.30. The van der Waals surface area contributed by atoms with Gasteiger partial charge >= 0.3 is 0 Å². The predicted octanol–water partition coefficient (Wildman–Crippen LogP) is -1.92. The van der Waals surface area contributed by atoms with Gasteiger partial charge in [-0.15, -0.1) is 0 Å². The Morgan fingerprint density at radius 1 is 1.47 bits per heavy atom. The number of hydrogen-bond donors (Lipinski definition) is 2. The molecule has 7 nitrogen and oxygen atoms in total. The van der Waals surface area contributed by atoms with Crippen molar-refractivity contribution < 1.29 is 18.3 Å². The molecule has 17 heavy (non-hydrogen) atoms. The number of aliphatic hydroxyl groups excluding tert-OH is 1. The van der Waals surface area contributed by atoms with E-state index in [2.05, 4.69) is 5.32 Å². The molecule has 0 aromatic rings. The van der Waals surface area contributed by atoms with Crippen molar-refractivity contribution >= 4 is 10.2 Å². The molecule has 0 aromatic heterocycles. The molecule has 1 aliphatic heterocycles. The molecule has 0 aliphatic carbocycles. The summed E-state index contributed by atoms with van der Waals surface area (Å²) >= 11 is 0. The summed E-state index contributed by atoms with van der Waals surface area (Å²) in [5.41, 5.74) is 0. The van der Waals surface area contributed by atoms with Gasteiger partial charge in [-0.25, -0.2) is 0 Å². The van der Waals surface area contributed by atoms with Crippen LogP contribution in [-0.2, 0) is 14.9 Å². The fraction of sp³-hybridized carbons (Fsp3) is 1.00. The number of ether oxygens (including phenoxy) is 1. The van der Waals surface area contributed by atoms with Crippen LogP contribution in [0.15, 0.2) is 0 Å². The summed E-state index contributed by atoms with van der Waals surface area (Å²) in [7, 11) is -0.530. The van der Waals surface area contributed by atoms with Gasteiger partial charge in [-0.2, -0.15) is 17.0 Å². The van der Waals surface area contributed by atoms with Crippen molar-refractivity contribution in [3.05, 3.63) is 0 Å². The van der Waals surface area contributed by atoms with Gasteiger partial charge in [0.25, 0.3) is 10.2 Å². The lowest BCUT2D eigenvalue weighted by Crippen LogP contribution is -2.52. The number of rotatable bonds is 6. The maximum absolute atomic E-state index is 12.1. The molecule has 1 heterocycles. The highest BCUT2D eigenvalue weighted by molar-refractivity contribution is 7.86. The van der Waals surface area contributed by atoms with Crippen LogP contribution in [0.3, 0.4) is 0 Å². The third-order valence-corrected chi connectivity index (χ3v) is 4.58. The monoisotopic (exact) mass is 267 g/mol. The van der Waals surface area contributed by atoms with E-state index in [0.717, 1.165) is 0 Å². The Bertz CT molecular complexity index is 316. The van der Waals surface area contributed by atoms with E-state index in [0.29, 0.717) is 26.2 Å². The zero-order valence-electron chi connectivity index (χ0n) is 10.3. The molecule has 0 radical (unpaired) electrons. The molecular formula is C9H21N3O4S. The van der Waals surface area contributed by atoms with Crippen LogP contribution in [0.5, 0.6) is 0 Å². The maximum atomic E-state index is 12.1. The first-order chi connectivity index (χ1) is 7.98. The number of aliphatic hydroxyl groups is 1. The Morgan fingerprint density at radius 3 is 2.59 bits per heavy atom. The highest BCUT2D eigenvalue weighted by atomic mass is 32.2. The lowest BCUT2D eigenvalue weighted by atomic mass is 10.4. The van der Waals surface area contributed by atoms with Gasteiger partial charge in [-0.1, -0.05) is 0 Å². The largest absolute Gasteiger partial charge is 0.389 e. The van der Waals surface area contributed by atoms with Gasteiger partial charge in [0.15, 0.2) is 0 Å². The Balaban J connectivity index is 2.56. The minimum atomic E-state index is -3.46. The van der Waals surface area contributed by atoms with E-state index >= 15 is 0 Å². The Labute approximate surface area is 103 Å². The Morgan fingerprint density at radius 2 is 2.06 bits per heavy atom. The summed E-state index contributed by atoms with van der Waals surface area (Å²) in [5.74, 6) is 0. The van der Waals surface area contributed by atoms with Gasteiger partial charge in [0.1, 0.15) is 0 Å². The molecule has 1 saturated heterocycles. The molecule has 1 unspecified atom stereocenters. The van der Waals surface area contributed by atoms with Gasteiger partial charge in [0.2, 0.25) is 0 Å². The van der Waals surface area contributed by atoms with Crippen LogP contribution in [-0.4, -0.2) is 81.7 Å². The highest BCUT2D eigenvalue weighted by Gasteiger charge is 2.29. The fourth-order valence-corrected chi connectivity index (χ4v) is 3.11. The number of piperazine rings is 1. The van der Waals surface area contributed by atoms with Crippen LogP contribution in [0.25, 0.3) is 0 Å². The van der Waals surface area contributed by atoms with Gasteiger partial charge in [0.05, 0.1) is 12.7 Å². The molecule has 0 bridgehead atoms. The van der Waals surface area contributed by atoms with Crippen molar-refractivity contribution in [1.82, 2.24) is 13.9 Å².